The summed E-state index contributed by atoms with van der Waals surface area (Å²) in [6.07, 6.45) is 1.51. The minimum Gasteiger partial charge on any atom is -0.493 e. The Balaban J connectivity index is 1.54. The van der Waals surface area contributed by atoms with E-state index in [1.54, 1.807) is 43.5 Å². The van der Waals surface area contributed by atoms with Gasteiger partial charge in [0.1, 0.15) is 12.4 Å². The van der Waals surface area contributed by atoms with Crippen LogP contribution in [0.1, 0.15) is 36.5 Å². The summed E-state index contributed by atoms with van der Waals surface area (Å²) < 4.78 is 16.8. The third-order valence-electron chi connectivity index (χ3n) is 4.92. The Morgan fingerprint density at radius 2 is 1.74 bits per heavy atom. The second-order valence-corrected chi connectivity index (χ2v) is 8.52. The Hall–Kier alpha value is -3.22. The van der Waals surface area contributed by atoms with Gasteiger partial charge in [0.2, 0.25) is 0 Å². The van der Waals surface area contributed by atoms with Crippen LogP contribution >= 0.6 is 23.2 Å². The summed E-state index contributed by atoms with van der Waals surface area (Å²) in [7, 11) is 1.54. The predicted octanol–water partition coefficient (Wildman–Crippen LogP) is 6.23. The molecule has 0 fully saturated rings. The molecule has 0 radical (unpaired) electrons. The zero-order valence-electron chi connectivity index (χ0n) is 19.2. The van der Waals surface area contributed by atoms with Crippen molar-refractivity contribution in [2.75, 3.05) is 13.7 Å². The fourth-order valence-electron chi connectivity index (χ4n) is 3.03. The van der Waals surface area contributed by atoms with E-state index in [4.69, 9.17) is 37.4 Å². The second-order valence-electron chi connectivity index (χ2n) is 7.71. The van der Waals surface area contributed by atoms with Crippen molar-refractivity contribution in [2.45, 2.75) is 26.4 Å². The molecule has 0 aliphatic carbocycles. The highest BCUT2D eigenvalue weighted by Gasteiger charge is 2.10. The third-order valence-corrected chi connectivity index (χ3v) is 5.63. The molecule has 0 aliphatic rings. The summed E-state index contributed by atoms with van der Waals surface area (Å²) in [6, 6.07) is 18.2. The van der Waals surface area contributed by atoms with Gasteiger partial charge in [-0.1, -0.05) is 55.2 Å². The first-order valence-corrected chi connectivity index (χ1v) is 11.4. The van der Waals surface area contributed by atoms with Crippen LogP contribution in [0.2, 0.25) is 10.0 Å². The molecule has 8 heteroatoms. The smallest absolute Gasteiger partial charge is 0.277 e. The van der Waals surface area contributed by atoms with Crippen LogP contribution in [-0.4, -0.2) is 25.8 Å². The number of carbonyl (C=O) groups excluding carboxylic acids is 1. The maximum Gasteiger partial charge on any atom is 0.277 e. The third kappa shape index (κ3) is 7.14. The summed E-state index contributed by atoms with van der Waals surface area (Å²) >= 11 is 12.4. The molecule has 34 heavy (non-hydrogen) atoms. The van der Waals surface area contributed by atoms with Crippen molar-refractivity contribution in [2.24, 2.45) is 5.10 Å². The number of halogens is 2. The fraction of sp³-hybridized carbons (Fsp3) is 0.231. The van der Waals surface area contributed by atoms with E-state index in [2.05, 4.69) is 24.4 Å². The van der Waals surface area contributed by atoms with Gasteiger partial charge in [-0.2, -0.15) is 5.10 Å². The van der Waals surface area contributed by atoms with E-state index in [1.807, 2.05) is 24.3 Å². The Morgan fingerprint density at radius 3 is 2.44 bits per heavy atom. The second kappa shape index (κ2) is 12.3. The predicted molar refractivity (Wildman–Crippen MR) is 136 cm³/mol. The molecule has 1 N–H and O–H groups in total. The Morgan fingerprint density at radius 1 is 1.00 bits per heavy atom. The maximum atomic E-state index is 12.1. The number of hydrogen-bond donors (Lipinski definition) is 1. The van der Waals surface area contributed by atoms with Gasteiger partial charge in [-0.25, -0.2) is 5.43 Å². The van der Waals surface area contributed by atoms with Gasteiger partial charge in [-0.15, -0.1) is 0 Å². The summed E-state index contributed by atoms with van der Waals surface area (Å²) in [5.74, 6) is 1.69. The first-order valence-electron chi connectivity index (χ1n) is 10.7. The van der Waals surface area contributed by atoms with Crippen molar-refractivity contribution in [1.29, 1.82) is 0 Å². The number of carbonyl (C=O) groups is 1. The number of rotatable bonds is 10. The van der Waals surface area contributed by atoms with Crippen LogP contribution in [0.4, 0.5) is 0 Å². The van der Waals surface area contributed by atoms with E-state index in [0.717, 1.165) is 5.56 Å². The van der Waals surface area contributed by atoms with Gasteiger partial charge in [0, 0.05) is 15.6 Å². The summed E-state index contributed by atoms with van der Waals surface area (Å²) in [5, 5.41) is 5.05. The largest absolute Gasteiger partial charge is 0.493 e. The molecule has 0 spiro atoms. The summed E-state index contributed by atoms with van der Waals surface area (Å²) in [4.78, 5) is 12.1. The van der Waals surface area contributed by atoms with Crippen LogP contribution in [0.3, 0.4) is 0 Å². The van der Waals surface area contributed by atoms with Crippen molar-refractivity contribution < 1.29 is 19.0 Å². The number of hydrogen-bond acceptors (Lipinski definition) is 5. The van der Waals surface area contributed by atoms with Crippen LogP contribution < -0.4 is 19.6 Å². The molecule has 0 aromatic heterocycles. The first-order chi connectivity index (χ1) is 16.4. The molecule has 1 amide bonds. The van der Waals surface area contributed by atoms with E-state index < -0.39 is 0 Å². The lowest BCUT2D eigenvalue weighted by atomic mass is 10.0. The molecule has 0 atom stereocenters. The van der Waals surface area contributed by atoms with E-state index in [9.17, 15) is 4.79 Å². The van der Waals surface area contributed by atoms with Crippen molar-refractivity contribution >= 4 is 35.3 Å². The normalized spacial score (nSPS) is 11.0. The van der Waals surface area contributed by atoms with Crippen LogP contribution in [0.5, 0.6) is 17.2 Å². The lowest BCUT2D eigenvalue weighted by Crippen LogP contribution is -2.24. The molecule has 0 saturated heterocycles. The van der Waals surface area contributed by atoms with Gasteiger partial charge in [-0.3, -0.25) is 4.79 Å². The number of hydrazone groups is 1. The van der Waals surface area contributed by atoms with Crippen LogP contribution in [0.25, 0.3) is 0 Å². The molecular weight excluding hydrogens is 475 g/mol. The Labute approximate surface area is 209 Å². The highest BCUT2D eigenvalue weighted by Crippen LogP contribution is 2.31. The van der Waals surface area contributed by atoms with E-state index in [0.29, 0.717) is 44.3 Å². The quantitative estimate of drug-likeness (QED) is 0.264. The zero-order valence-corrected chi connectivity index (χ0v) is 20.7. The summed E-state index contributed by atoms with van der Waals surface area (Å²) in [6.45, 7) is 4.25. The van der Waals surface area contributed by atoms with E-state index >= 15 is 0 Å². The van der Waals surface area contributed by atoms with Gasteiger partial charge in [-0.05, 0) is 59.5 Å². The molecule has 178 valence electrons. The number of benzene rings is 3. The van der Waals surface area contributed by atoms with Crippen LogP contribution in [0, 0.1) is 0 Å². The molecular formula is C26H26Cl2N2O4. The monoisotopic (exact) mass is 500 g/mol. The highest BCUT2D eigenvalue weighted by molar-refractivity contribution is 6.35. The van der Waals surface area contributed by atoms with Crippen LogP contribution in [-0.2, 0) is 11.4 Å². The van der Waals surface area contributed by atoms with E-state index in [1.165, 1.54) is 6.21 Å². The zero-order chi connectivity index (χ0) is 24.5. The highest BCUT2D eigenvalue weighted by atomic mass is 35.5. The van der Waals surface area contributed by atoms with Crippen molar-refractivity contribution in [3.63, 3.8) is 0 Å². The molecule has 3 aromatic rings. The maximum absolute atomic E-state index is 12.1. The van der Waals surface area contributed by atoms with Crippen molar-refractivity contribution in [3.05, 3.63) is 87.4 Å². The minimum absolute atomic E-state index is 0.139. The molecule has 0 aliphatic heterocycles. The van der Waals surface area contributed by atoms with Crippen molar-refractivity contribution in [3.8, 4) is 17.2 Å². The molecule has 0 unspecified atom stereocenters. The fourth-order valence-corrected chi connectivity index (χ4v) is 3.53. The first kappa shape index (κ1) is 25.4. The average Bonchev–Trinajstić information content (AvgIpc) is 2.83. The minimum atomic E-state index is -0.366. The SMILES string of the molecule is COc1cc(/C=N/NC(=O)COc2cccc(C(C)C)c2)ccc1OCc1c(Cl)cccc1Cl. The van der Waals surface area contributed by atoms with Gasteiger partial charge in [0.25, 0.3) is 5.91 Å². The standard InChI is InChI=1S/C26H26Cl2N2O4/c1-17(2)19-6-4-7-20(13-19)33-16-26(31)30-29-14-18-10-11-24(25(12-18)32-3)34-15-21-22(27)8-5-9-23(21)28/h4-14,17H,15-16H2,1-3H3,(H,30,31)/b29-14+. The lowest BCUT2D eigenvalue weighted by Gasteiger charge is -2.13. The number of ether oxygens (including phenoxy) is 3. The lowest BCUT2D eigenvalue weighted by molar-refractivity contribution is -0.123. The van der Waals surface area contributed by atoms with E-state index in [-0.39, 0.29) is 19.1 Å². The molecule has 0 saturated carbocycles. The Bertz CT molecular complexity index is 1150. The number of nitrogens with one attached hydrogen (secondary N) is 1. The van der Waals surface area contributed by atoms with Gasteiger partial charge in [0.15, 0.2) is 18.1 Å². The number of methoxy groups -OCH3 is 1. The Kier molecular flexibility index (Phi) is 9.19. The molecule has 3 aromatic carbocycles. The topological polar surface area (TPSA) is 69.2 Å². The molecule has 0 bridgehead atoms. The van der Waals surface area contributed by atoms with Gasteiger partial charge >= 0.3 is 0 Å². The molecule has 6 nitrogen and oxygen atoms in total. The number of amides is 1. The molecule has 0 heterocycles. The average molecular weight is 501 g/mol. The number of nitrogens with zero attached hydrogens (tertiary/aromatic N) is 1. The van der Waals surface area contributed by atoms with Crippen LogP contribution in [0.15, 0.2) is 65.8 Å². The van der Waals surface area contributed by atoms with Gasteiger partial charge < -0.3 is 14.2 Å². The summed E-state index contributed by atoms with van der Waals surface area (Å²) in [5.41, 5.74) is 5.01. The van der Waals surface area contributed by atoms with Crippen molar-refractivity contribution in [1.82, 2.24) is 5.43 Å². The van der Waals surface area contributed by atoms with Gasteiger partial charge in [0.05, 0.1) is 13.3 Å². The molecule has 3 rings (SSSR count).